The molecular formula is C25H25N3O4. The number of nitrogens with zero attached hydrogens (tertiary/aromatic N) is 2. The van der Waals surface area contributed by atoms with Gasteiger partial charge in [-0.05, 0) is 28.7 Å². The molecule has 1 amide bonds. The van der Waals surface area contributed by atoms with Gasteiger partial charge >= 0.3 is 5.97 Å². The molecule has 4 aromatic rings. The molecule has 0 unspecified atom stereocenters. The molecular weight excluding hydrogens is 406 g/mol. The second-order valence-corrected chi connectivity index (χ2v) is 8.81. The Balaban J connectivity index is 1.92. The molecule has 0 aliphatic carbocycles. The number of nitrogens with two attached hydrogens (primary N) is 1. The number of pyridine rings is 1. The van der Waals surface area contributed by atoms with Crippen LogP contribution in [0.2, 0.25) is 0 Å². The summed E-state index contributed by atoms with van der Waals surface area (Å²) in [7, 11) is 0. The highest BCUT2D eigenvalue weighted by Crippen LogP contribution is 2.37. The van der Waals surface area contributed by atoms with E-state index < -0.39 is 18.5 Å². The van der Waals surface area contributed by atoms with Gasteiger partial charge in [-0.1, -0.05) is 51.1 Å². The van der Waals surface area contributed by atoms with E-state index in [9.17, 15) is 9.59 Å². The van der Waals surface area contributed by atoms with Crippen LogP contribution in [-0.4, -0.2) is 33.1 Å². The first kappa shape index (κ1) is 21.4. The number of ether oxygens (including phenoxy) is 1. The van der Waals surface area contributed by atoms with Crippen LogP contribution >= 0.6 is 0 Å². The number of rotatable bonds is 6. The van der Waals surface area contributed by atoms with E-state index in [1.807, 2.05) is 10.6 Å². The number of carbonyl (C=O) groups excluding carboxylic acids is 1. The molecule has 0 saturated carbocycles. The summed E-state index contributed by atoms with van der Waals surface area (Å²) in [5, 5.41) is 10.3. The van der Waals surface area contributed by atoms with E-state index in [-0.39, 0.29) is 5.41 Å². The molecule has 0 bridgehead atoms. The van der Waals surface area contributed by atoms with E-state index >= 15 is 0 Å². The van der Waals surface area contributed by atoms with Crippen LogP contribution < -0.4 is 10.5 Å². The number of benzene rings is 2. The zero-order valence-electron chi connectivity index (χ0n) is 18.3. The second-order valence-electron chi connectivity index (χ2n) is 8.81. The van der Waals surface area contributed by atoms with Crippen molar-refractivity contribution in [3.8, 4) is 5.75 Å². The summed E-state index contributed by atoms with van der Waals surface area (Å²) in [5.41, 5.74) is 9.92. The van der Waals surface area contributed by atoms with E-state index in [1.54, 1.807) is 18.3 Å². The fourth-order valence-corrected chi connectivity index (χ4v) is 3.96. The van der Waals surface area contributed by atoms with Gasteiger partial charge in [0.25, 0.3) is 0 Å². The lowest BCUT2D eigenvalue weighted by molar-refractivity contribution is -0.139. The predicted octanol–water partition coefficient (Wildman–Crippen LogP) is 4.10. The van der Waals surface area contributed by atoms with Crippen LogP contribution in [0.5, 0.6) is 5.75 Å². The van der Waals surface area contributed by atoms with Crippen molar-refractivity contribution in [1.29, 1.82) is 0 Å². The highest BCUT2D eigenvalue weighted by Gasteiger charge is 2.21. The summed E-state index contributed by atoms with van der Waals surface area (Å²) in [6.45, 7) is 6.54. The Bertz CT molecular complexity index is 1330. The third kappa shape index (κ3) is 3.89. The average molecular weight is 431 g/mol. The van der Waals surface area contributed by atoms with Gasteiger partial charge in [-0.15, -0.1) is 0 Å². The molecule has 0 aliphatic rings. The third-order valence-electron chi connectivity index (χ3n) is 5.54. The average Bonchev–Trinajstić information content (AvgIpc) is 3.06. The second kappa shape index (κ2) is 8.00. The number of aromatic nitrogens is 2. The predicted molar refractivity (Wildman–Crippen MR) is 123 cm³/mol. The number of aliphatic carboxylic acids is 1. The Hall–Kier alpha value is -3.87. The minimum absolute atomic E-state index is 0.0576. The minimum atomic E-state index is -1.10. The number of fused-ring (bicyclic) bond motifs is 3. The zero-order valence-corrected chi connectivity index (χ0v) is 18.3. The van der Waals surface area contributed by atoms with Gasteiger partial charge < -0.3 is 20.1 Å². The summed E-state index contributed by atoms with van der Waals surface area (Å²) in [6, 6.07) is 13.8. The molecule has 7 nitrogen and oxygen atoms in total. The molecule has 0 atom stereocenters. The molecule has 0 saturated heterocycles. The highest BCUT2D eigenvalue weighted by molar-refractivity contribution is 6.19. The van der Waals surface area contributed by atoms with Gasteiger partial charge in [0.1, 0.15) is 5.75 Å². The Kier molecular flexibility index (Phi) is 5.34. The maximum absolute atomic E-state index is 12.2. The summed E-state index contributed by atoms with van der Waals surface area (Å²) in [6.07, 6.45) is 3.15. The lowest BCUT2D eigenvalue weighted by Crippen LogP contribution is -2.12. The molecule has 0 aliphatic heterocycles. The van der Waals surface area contributed by atoms with Crippen molar-refractivity contribution in [3.63, 3.8) is 0 Å². The molecule has 32 heavy (non-hydrogen) atoms. The van der Waals surface area contributed by atoms with Crippen LogP contribution in [-0.2, 0) is 16.8 Å². The largest absolute Gasteiger partial charge is 0.480 e. The van der Waals surface area contributed by atoms with Crippen LogP contribution in [0, 0.1) is 0 Å². The lowest BCUT2D eigenvalue weighted by atomic mass is 9.87. The monoisotopic (exact) mass is 431 g/mol. The molecule has 4 rings (SSSR count). The molecule has 7 heteroatoms. The van der Waals surface area contributed by atoms with Crippen molar-refractivity contribution in [3.05, 3.63) is 71.5 Å². The van der Waals surface area contributed by atoms with Gasteiger partial charge in [-0.3, -0.25) is 9.78 Å². The van der Waals surface area contributed by atoms with Crippen molar-refractivity contribution < 1.29 is 19.4 Å². The Morgan fingerprint density at radius 1 is 1.03 bits per heavy atom. The Morgan fingerprint density at radius 2 is 1.75 bits per heavy atom. The molecule has 3 N–H and O–H groups in total. The van der Waals surface area contributed by atoms with Gasteiger partial charge in [0.05, 0.1) is 28.8 Å². The normalized spacial score (nSPS) is 11.7. The Morgan fingerprint density at radius 3 is 2.38 bits per heavy atom. The van der Waals surface area contributed by atoms with Gasteiger partial charge in [0.2, 0.25) is 5.91 Å². The van der Waals surface area contributed by atoms with Crippen LogP contribution in [0.15, 0.2) is 54.9 Å². The summed E-state index contributed by atoms with van der Waals surface area (Å²) >= 11 is 0. The summed E-state index contributed by atoms with van der Waals surface area (Å²) < 4.78 is 7.56. The van der Waals surface area contributed by atoms with Gasteiger partial charge in [0, 0.05) is 17.5 Å². The van der Waals surface area contributed by atoms with E-state index in [0.717, 1.165) is 16.6 Å². The minimum Gasteiger partial charge on any atom is -0.480 e. The van der Waals surface area contributed by atoms with E-state index in [4.69, 9.17) is 15.6 Å². The maximum atomic E-state index is 12.2. The van der Waals surface area contributed by atoms with Gasteiger partial charge in [0.15, 0.2) is 6.61 Å². The SMILES string of the molecule is CC(C)(C)c1ccc(Cn2c3cncc(OCC(=O)O)c3c3c(C(N)=O)cccc32)cc1. The molecule has 0 fully saturated rings. The van der Waals surface area contributed by atoms with E-state index in [1.165, 1.54) is 11.8 Å². The first-order chi connectivity index (χ1) is 15.2. The number of hydrogen-bond acceptors (Lipinski definition) is 4. The maximum Gasteiger partial charge on any atom is 0.341 e. The van der Waals surface area contributed by atoms with Crippen LogP contribution in [0.4, 0.5) is 0 Å². The number of amides is 1. The molecule has 0 radical (unpaired) electrons. The van der Waals surface area contributed by atoms with Crippen molar-refractivity contribution >= 4 is 33.7 Å². The van der Waals surface area contributed by atoms with Crippen LogP contribution in [0.3, 0.4) is 0 Å². The number of carboxylic acids is 1. The zero-order chi connectivity index (χ0) is 23.0. The standard InChI is InChI=1S/C25H25N3O4/c1-25(2,3)16-9-7-15(8-10-16)13-28-18-6-4-5-17(24(26)31)22(18)23-19(28)11-27-12-20(23)32-14-21(29)30/h4-12H,13-14H2,1-3H3,(H2,26,31)(H,29,30). The lowest BCUT2D eigenvalue weighted by Gasteiger charge is -2.19. The van der Waals surface area contributed by atoms with Crippen molar-refractivity contribution in [1.82, 2.24) is 9.55 Å². The number of hydrogen-bond donors (Lipinski definition) is 2. The smallest absolute Gasteiger partial charge is 0.341 e. The molecule has 0 spiro atoms. The van der Waals surface area contributed by atoms with Crippen LogP contribution in [0.25, 0.3) is 21.8 Å². The fraction of sp³-hybridized carbons (Fsp3) is 0.240. The number of carboxylic acid groups (broad SMARTS) is 1. The Labute approximate surface area is 185 Å². The van der Waals surface area contributed by atoms with E-state index in [2.05, 4.69) is 50.0 Å². The molecule has 2 aromatic heterocycles. The molecule has 2 aromatic carbocycles. The fourth-order valence-electron chi connectivity index (χ4n) is 3.96. The van der Waals surface area contributed by atoms with Crippen molar-refractivity contribution in [2.75, 3.05) is 6.61 Å². The van der Waals surface area contributed by atoms with Gasteiger partial charge in [-0.2, -0.15) is 0 Å². The number of primary amides is 1. The first-order valence-electron chi connectivity index (χ1n) is 10.3. The van der Waals surface area contributed by atoms with E-state index in [0.29, 0.717) is 28.6 Å². The summed E-state index contributed by atoms with van der Waals surface area (Å²) in [4.78, 5) is 27.5. The van der Waals surface area contributed by atoms with Crippen molar-refractivity contribution in [2.45, 2.75) is 32.7 Å². The third-order valence-corrected chi connectivity index (χ3v) is 5.54. The van der Waals surface area contributed by atoms with Crippen LogP contribution in [0.1, 0.15) is 42.3 Å². The summed E-state index contributed by atoms with van der Waals surface area (Å²) in [5.74, 6) is -1.37. The van der Waals surface area contributed by atoms with Crippen molar-refractivity contribution in [2.24, 2.45) is 5.73 Å². The number of carbonyl (C=O) groups is 2. The molecule has 2 heterocycles. The quantitative estimate of drug-likeness (QED) is 0.478. The van der Waals surface area contributed by atoms with Gasteiger partial charge in [-0.25, -0.2) is 4.79 Å². The highest BCUT2D eigenvalue weighted by atomic mass is 16.5. The first-order valence-corrected chi connectivity index (χ1v) is 10.3. The molecule has 164 valence electrons. The topological polar surface area (TPSA) is 107 Å².